The van der Waals surface area contributed by atoms with Gasteiger partial charge in [0, 0.05) is 22.0 Å². The van der Waals surface area contributed by atoms with E-state index in [1.807, 2.05) is 0 Å². The van der Waals surface area contributed by atoms with Gasteiger partial charge in [0.25, 0.3) is 0 Å². The summed E-state index contributed by atoms with van der Waals surface area (Å²) in [5, 5.41) is 0. The molecule has 0 saturated carbocycles. The minimum Gasteiger partial charge on any atom is -0.462 e. The van der Waals surface area contributed by atoms with Crippen molar-refractivity contribution in [3.63, 3.8) is 0 Å². The van der Waals surface area contributed by atoms with Crippen molar-refractivity contribution in [2.24, 2.45) is 0 Å². The zero-order valence-corrected chi connectivity index (χ0v) is 11.6. The molecule has 1 saturated heterocycles. The molecule has 2 rings (SSSR count). The Morgan fingerprint density at radius 1 is 1.44 bits per heavy atom. The Balaban J connectivity index is 1.84. The van der Waals surface area contributed by atoms with Crippen LogP contribution in [0.4, 0.5) is 0 Å². The highest BCUT2D eigenvalue weighted by Crippen LogP contribution is 2.15. The zero-order valence-electron chi connectivity index (χ0n) is 9.40. The summed E-state index contributed by atoms with van der Waals surface area (Å²) in [5.41, 5.74) is 0. The Morgan fingerprint density at radius 2 is 2.19 bits per heavy atom. The smallest absolute Gasteiger partial charge is 0.316 e. The maximum absolute atomic E-state index is 5.60. The monoisotopic (exact) mass is 333 g/mol. The fourth-order valence-electron chi connectivity index (χ4n) is 1.90. The minimum absolute atomic E-state index is 0.486. The van der Waals surface area contributed by atoms with Crippen LogP contribution in [0.1, 0.15) is 19.3 Å². The third-order valence-corrected chi connectivity index (χ3v) is 3.48. The van der Waals surface area contributed by atoms with Crippen molar-refractivity contribution in [3.8, 4) is 6.01 Å². The second kappa shape index (κ2) is 5.77. The number of likely N-dealkylation sites (N-methyl/N-ethyl adjacent to an activating group) is 1. The van der Waals surface area contributed by atoms with Gasteiger partial charge < -0.3 is 9.64 Å². The predicted octanol–water partition coefficient (Wildman–Crippen LogP) is 1.94. The van der Waals surface area contributed by atoms with Crippen molar-refractivity contribution < 1.29 is 4.74 Å². The first-order valence-corrected chi connectivity index (χ1v) is 6.64. The van der Waals surface area contributed by atoms with Gasteiger partial charge in [-0.25, -0.2) is 9.97 Å². The van der Waals surface area contributed by atoms with E-state index in [0.717, 1.165) is 3.57 Å². The normalized spacial score (nSPS) is 22.0. The molecule has 5 heteroatoms. The summed E-state index contributed by atoms with van der Waals surface area (Å²) < 4.78 is 6.63. The van der Waals surface area contributed by atoms with E-state index in [0.29, 0.717) is 18.7 Å². The van der Waals surface area contributed by atoms with Gasteiger partial charge >= 0.3 is 6.01 Å². The van der Waals surface area contributed by atoms with Gasteiger partial charge in [0.05, 0.1) is 0 Å². The summed E-state index contributed by atoms with van der Waals surface area (Å²) in [6, 6.07) is 0.996. The van der Waals surface area contributed by atoms with E-state index in [-0.39, 0.29) is 0 Å². The standard InChI is InChI=1S/C11H16IN3O/c1-15-5-3-2-4-10(15)8-16-11-13-6-9(12)7-14-11/h6-7,10H,2-5,8H2,1H3. The lowest BCUT2D eigenvalue weighted by Crippen LogP contribution is -2.40. The Morgan fingerprint density at radius 3 is 2.88 bits per heavy atom. The van der Waals surface area contributed by atoms with Crippen molar-refractivity contribution in [2.45, 2.75) is 25.3 Å². The Labute approximate surface area is 110 Å². The van der Waals surface area contributed by atoms with Crippen LogP contribution in [0.2, 0.25) is 0 Å². The van der Waals surface area contributed by atoms with Crippen LogP contribution in [0, 0.1) is 3.57 Å². The van der Waals surface area contributed by atoms with Gasteiger partial charge in [-0.05, 0) is 49.0 Å². The first-order chi connectivity index (χ1) is 7.75. The topological polar surface area (TPSA) is 38.2 Å². The predicted molar refractivity (Wildman–Crippen MR) is 70.5 cm³/mol. The second-order valence-electron chi connectivity index (χ2n) is 4.13. The molecule has 88 valence electrons. The number of ether oxygens (including phenoxy) is 1. The van der Waals surface area contributed by atoms with Crippen molar-refractivity contribution in [3.05, 3.63) is 16.0 Å². The van der Waals surface area contributed by atoms with Crippen molar-refractivity contribution in [1.29, 1.82) is 0 Å². The summed E-state index contributed by atoms with van der Waals surface area (Å²) in [5.74, 6) is 0. The Kier molecular flexibility index (Phi) is 4.34. The summed E-state index contributed by atoms with van der Waals surface area (Å²) in [6.45, 7) is 1.86. The van der Waals surface area contributed by atoms with Crippen LogP contribution in [0.5, 0.6) is 6.01 Å². The average molecular weight is 333 g/mol. The molecule has 16 heavy (non-hydrogen) atoms. The lowest BCUT2D eigenvalue weighted by molar-refractivity contribution is 0.120. The van der Waals surface area contributed by atoms with Crippen molar-refractivity contribution >= 4 is 22.6 Å². The first-order valence-electron chi connectivity index (χ1n) is 5.56. The van der Waals surface area contributed by atoms with Gasteiger partial charge in [-0.15, -0.1) is 0 Å². The van der Waals surface area contributed by atoms with E-state index in [2.05, 4.69) is 44.5 Å². The van der Waals surface area contributed by atoms with Crippen LogP contribution in [0.15, 0.2) is 12.4 Å². The quantitative estimate of drug-likeness (QED) is 0.793. The Hall–Kier alpha value is -0.430. The largest absolute Gasteiger partial charge is 0.462 e. The molecular weight excluding hydrogens is 317 g/mol. The maximum atomic E-state index is 5.60. The van der Waals surface area contributed by atoms with Gasteiger partial charge in [-0.3, -0.25) is 0 Å². The van der Waals surface area contributed by atoms with Crippen molar-refractivity contribution in [2.75, 3.05) is 20.2 Å². The second-order valence-corrected chi connectivity index (χ2v) is 5.37. The number of likely N-dealkylation sites (tertiary alicyclic amines) is 1. The SMILES string of the molecule is CN1CCCCC1COc1ncc(I)cn1. The van der Waals surface area contributed by atoms with Crippen LogP contribution in [-0.4, -0.2) is 41.1 Å². The van der Waals surface area contributed by atoms with Gasteiger partial charge in [0.1, 0.15) is 6.61 Å². The molecule has 2 heterocycles. The third-order valence-electron chi connectivity index (χ3n) is 2.92. The number of rotatable bonds is 3. The number of nitrogens with zero attached hydrogens (tertiary/aromatic N) is 3. The van der Waals surface area contributed by atoms with Gasteiger partial charge in [-0.2, -0.15) is 0 Å². The fraction of sp³-hybridized carbons (Fsp3) is 0.636. The molecule has 0 spiro atoms. The fourth-order valence-corrected chi connectivity index (χ4v) is 2.18. The molecule has 0 amide bonds. The van der Waals surface area contributed by atoms with Crippen LogP contribution >= 0.6 is 22.6 Å². The van der Waals surface area contributed by atoms with E-state index in [1.165, 1.54) is 25.8 Å². The molecule has 1 aromatic heterocycles. The molecule has 0 N–H and O–H groups in total. The molecule has 0 aromatic carbocycles. The molecule has 1 aliphatic heterocycles. The van der Waals surface area contributed by atoms with E-state index < -0.39 is 0 Å². The molecule has 0 radical (unpaired) electrons. The number of aromatic nitrogens is 2. The van der Waals surface area contributed by atoms with Crippen LogP contribution in [0.25, 0.3) is 0 Å². The molecule has 1 aromatic rings. The highest BCUT2D eigenvalue weighted by Gasteiger charge is 2.19. The number of hydrogen-bond donors (Lipinski definition) is 0. The molecule has 0 bridgehead atoms. The molecule has 1 aliphatic rings. The Bertz CT molecular complexity index is 331. The molecule has 0 aliphatic carbocycles. The van der Waals surface area contributed by atoms with Gasteiger partial charge in [0.2, 0.25) is 0 Å². The first kappa shape index (κ1) is 12.0. The average Bonchev–Trinajstić information content (AvgIpc) is 2.30. The van der Waals surface area contributed by atoms with Crippen LogP contribution in [-0.2, 0) is 0 Å². The van der Waals surface area contributed by atoms with E-state index in [1.54, 1.807) is 12.4 Å². The van der Waals surface area contributed by atoms with Gasteiger partial charge in [-0.1, -0.05) is 6.42 Å². The van der Waals surface area contributed by atoms with E-state index in [9.17, 15) is 0 Å². The third kappa shape index (κ3) is 3.28. The number of halogens is 1. The number of piperidine rings is 1. The highest BCUT2D eigenvalue weighted by atomic mass is 127. The van der Waals surface area contributed by atoms with Gasteiger partial charge in [0.15, 0.2) is 0 Å². The summed E-state index contributed by atoms with van der Waals surface area (Å²) in [6.07, 6.45) is 7.35. The van der Waals surface area contributed by atoms with E-state index >= 15 is 0 Å². The minimum atomic E-state index is 0.486. The van der Waals surface area contributed by atoms with Crippen molar-refractivity contribution in [1.82, 2.24) is 14.9 Å². The highest BCUT2D eigenvalue weighted by molar-refractivity contribution is 14.1. The lowest BCUT2D eigenvalue weighted by atomic mass is 10.0. The molecule has 4 nitrogen and oxygen atoms in total. The van der Waals surface area contributed by atoms with Crippen LogP contribution in [0.3, 0.4) is 0 Å². The summed E-state index contributed by atoms with van der Waals surface area (Å²) in [7, 11) is 2.15. The number of hydrogen-bond acceptors (Lipinski definition) is 4. The van der Waals surface area contributed by atoms with Crippen LogP contribution < -0.4 is 4.74 Å². The summed E-state index contributed by atoms with van der Waals surface area (Å²) >= 11 is 2.18. The zero-order chi connectivity index (χ0) is 11.4. The van der Waals surface area contributed by atoms with E-state index in [4.69, 9.17) is 4.74 Å². The molecular formula is C11H16IN3O. The molecule has 1 atom stereocenters. The molecule has 1 fully saturated rings. The maximum Gasteiger partial charge on any atom is 0.316 e. The summed E-state index contributed by atoms with van der Waals surface area (Å²) in [4.78, 5) is 10.6. The lowest BCUT2D eigenvalue weighted by Gasteiger charge is -2.31. The molecule has 1 unspecified atom stereocenters.